The molecule has 2 aromatic rings. The van der Waals surface area contributed by atoms with E-state index in [9.17, 15) is 4.39 Å². The van der Waals surface area contributed by atoms with E-state index in [0.717, 1.165) is 17.8 Å². The average molecular weight is 297 g/mol. The van der Waals surface area contributed by atoms with E-state index in [1.165, 1.54) is 6.07 Å². The maximum atomic E-state index is 13.9. The SMILES string of the molecule is CCc1cc(C(Cc2c(F)cccc2Cl)NN)n(C)n1. The van der Waals surface area contributed by atoms with E-state index in [2.05, 4.69) is 10.5 Å². The van der Waals surface area contributed by atoms with E-state index in [4.69, 9.17) is 17.4 Å². The Morgan fingerprint density at radius 2 is 2.25 bits per heavy atom. The third-order valence-electron chi connectivity index (χ3n) is 3.36. The van der Waals surface area contributed by atoms with Crippen LogP contribution in [-0.2, 0) is 19.9 Å². The molecule has 4 nitrogen and oxygen atoms in total. The van der Waals surface area contributed by atoms with Crippen LogP contribution in [0.3, 0.4) is 0 Å². The monoisotopic (exact) mass is 296 g/mol. The lowest BCUT2D eigenvalue weighted by Gasteiger charge is -2.17. The summed E-state index contributed by atoms with van der Waals surface area (Å²) in [7, 11) is 1.85. The molecule has 108 valence electrons. The molecule has 0 spiro atoms. The summed E-state index contributed by atoms with van der Waals surface area (Å²) in [5.41, 5.74) is 5.05. The molecule has 0 aliphatic heterocycles. The lowest BCUT2D eigenvalue weighted by atomic mass is 10.0. The Morgan fingerprint density at radius 1 is 1.50 bits per heavy atom. The summed E-state index contributed by atoms with van der Waals surface area (Å²) in [5, 5.41) is 4.78. The maximum Gasteiger partial charge on any atom is 0.127 e. The van der Waals surface area contributed by atoms with Gasteiger partial charge in [0.25, 0.3) is 0 Å². The number of hydrazine groups is 1. The van der Waals surface area contributed by atoms with E-state index in [0.29, 0.717) is 17.0 Å². The molecule has 0 fully saturated rings. The summed E-state index contributed by atoms with van der Waals surface area (Å²) < 4.78 is 15.6. The third-order valence-corrected chi connectivity index (χ3v) is 3.71. The van der Waals surface area contributed by atoms with E-state index in [-0.39, 0.29) is 11.9 Å². The summed E-state index contributed by atoms with van der Waals surface area (Å²) in [5.74, 6) is 5.29. The van der Waals surface area contributed by atoms with Crippen molar-refractivity contribution >= 4 is 11.6 Å². The van der Waals surface area contributed by atoms with E-state index in [1.807, 2.05) is 20.0 Å². The third kappa shape index (κ3) is 3.00. The van der Waals surface area contributed by atoms with Crippen molar-refractivity contribution in [2.75, 3.05) is 0 Å². The zero-order valence-corrected chi connectivity index (χ0v) is 12.3. The van der Waals surface area contributed by atoms with Crippen LogP contribution in [0.25, 0.3) is 0 Å². The Kier molecular flexibility index (Phi) is 4.75. The van der Waals surface area contributed by atoms with Gasteiger partial charge >= 0.3 is 0 Å². The minimum atomic E-state index is -0.323. The lowest BCUT2D eigenvalue weighted by molar-refractivity contribution is 0.495. The molecule has 1 aromatic heterocycles. The van der Waals surface area contributed by atoms with Gasteiger partial charge in [0, 0.05) is 17.6 Å². The van der Waals surface area contributed by atoms with Gasteiger partial charge < -0.3 is 0 Å². The minimum absolute atomic E-state index is 0.248. The largest absolute Gasteiger partial charge is 0.271 e. The number of aryl methyl sites for hydroxylation is 2. The normalized spacial score (nSPS) is 12.7. The number of nitrogens with zero attached hydrogens (tertiary/aromatic N) is 2. The molecular weight excluding hydrogens is 279 g/mol. The highest BCUT2D eigenvalue weighted by Crippen LogP contribution is 2.25. The first-order valence-corrected chi connectivity index (χ1v) is 6.86. The number of halogens is 2. The Labute approximate surface area is 122 Å². The van der Waals surface area contributed by atoms with Crippen molar-refractivity contribution in [1.29, 1.82) is 0 Å². The summed E-state index contributed by atoms with van der Waals surface area (Å²) in [6, 6.07) is 6.39. The zero-order valence-electron chi connectivity index (χ0n) is 11.5. The highest BCUT2D eigenvalue weighted by atomic mass is 35.5. The second kappa shape index (κ2) is 6.35. The molecule has 6 heteroatoms. The Bertz CT molecular complexity index is 577. The standard InChI is InChI=1S/C14H18ClFN4/c1-3-9-7-14(20(2)19-9)13(18-17)8-10-11(15)5-4-6-12(10)16/h4-7,13,18H,3,8,17H2,1-2H3. The van der Waals surface area contributed by atoms with Crippen molar-refractivity contribution in [2.45, 2.75) is 25.8 Å². The molecule has 0 amide bonds. The summed E-state index contributed by atoms with van der Waals surface area (Å²) in [6.45, 7) is 2.03. The number of aromatic nitrogens is 2. The summed E-state index contributed by atoms with van der Waals surface area (Å²) in [6.07, 6.45) is 1.20. The van der Waals surface area contributed by atoms with Crippen LogP contribution < -0.4 is 11.3 Å². The smallest absolute Gasteiger partial charge is 0.127 e. The van der Waals surface area contributed by atoms with Gasteiger partial charge in [-0.2, -0.15) is 5.10 Å². The molecular formula is C14H18ClFN4. The topological polar surface area (TPSA) is 55.9 Å². The number of rotatable bonds is 5. The molecule has 0 radical (unpaired) electrons. The van der Waals surface area contributed by atoms with Crippen LogP contribution in [-0.4, -0.2) is 9.78 Å². The van der Waals surface area contributed by atoms with Gasteiger partial charge in [-0.25, -0.2) is 4.39 Å². The first-order valence-electron chi connectivity index (χ1n) is 6.48. The van der Waals surface area contributed by atoms with Crippen LogP contribution in [0.2, 0.25) is 5.02 Å². The molecule has 2 rings (SSSR count). The van der Waals surface area contributed by atoms with Crippen LogP contribution in [0.4, 0.5) is 4.39 Å². The van der Waals surface area contributed by atoms with Crippen molar-refractivity contribution in [3.05, 3.63) is 52.1 Å². The molecule has 1 aromatic carbocycles. The van der Waals surface area contributed by atoms with Crippen LogP contribution >= 0.6 is 11.6 Å². The summed E-state index contributed by atoms with van der Waals surface area (Å²) >= 11 is 6.06. The van der Waals surface area contributed by atoms with Gasteiger partial charge in [0.05, 0.1) is 17.4 Å². The fourth-order valence-corrected chi connectivity index (χ4v) is 2.46. The van der Waals surface area contributed by atoms with Gasteiger partial charge in [-0.1, -0.05) is 24.6 Å². The van der Waals surface area contributed by atoms with E-state index in [1.54, 1.807) is 16.8 Å². The van der Waals surface area contributed by atoms with Gasteiger partial charge in [0.1, 0.15) is 5.82 Å². The van der Waals surface area contributed by atoms with Crippen LogP contribution in [0.5, 0.6) is 0 Å². The fourth-order valence-electron chi connectivity index (χ4n) is 2.22. The number of nitrogens with one attached hydrogen (secondary N) is 1. The number of hydrogen-bond donors (Lipinski definition) is 2. The van der Waals surface area contributed by atoms with E-state index >= 15 is 0 Å². The van der Waals surface area contributed by atoms with Gasteiger partial charge in [0.15, 0.2) is 0 Å². The Morgan fingerprint density at radius 3 is 2.80 bits per heavy atom. The number of nitrogens with two attached hydrogens (primary N) is 1. The minimum Gasteiger partial charge on any atom is -0.271 e. The fraction of sp³-hybridized carbons (Fsp3) is 0.357. The van der Waals surface area contributed by atoms with Crippen molar-refractivity contribution in [3.63, 3.8) is 0 Å². The Hall–Kier alpha value is -1.43. The molecule has 3 N–H and O–H groups in total. The van der Waals surface area contributed by atoms with Gasteiger partial charge in [0.2, 0.25) is 0 Å². The van der Waals surface area contributed by atoms with Crippen molar-refractivity contribution in [2.24, 2.45) is 12.9 Å². The quantitative estimate of drug-likeness (QED) is 0.658. The van der Waals surface area contributed by atoms with Gasteiger partial charge in [-0.15, -0.1) is 0 Å². The lowest BCUT2D eigenvalue weighted by Crippen LogP contribution is -2.31. The van der Waals surface area contributed by atoms with Crippen molar-refractivity contribution in [1.82, 2.24) is 15.2 Å². The molecule has 20 heavy (non-hydrogen) atoms. The van der Waals surface area contributed by atoms with Crippen LogP contribution in [0.15, 0.2) is 24.3 Å². The highest BCUT2D eigenvalue weighted by molar-refractivity contribution is 6.31. The second-order valence-electron chi connectivity index (χ2n) is 4.66. The Balaban J connectivity index is 2.31. The molecule has 0 bridgehead atoms. The van der Waals surface area contributed by atoms with Gasteiger partial charge in [-0.3, -0.25) is 16.0 Å². The first-order chi connectivity index (χ1) is 9.56. The highest BCUT2D eigenvalue weighted by Gasteiger charge is 2.19. The van der Waals surface area contributed by atoms with Crippen LogP contribution in [0.1, 0.15) is 29.9 Å². The molecule has 1 unspecified atom stereocenters. The summed E-state index contributed by atoms with van der Waals surface area (Å²) in [4.78, 5) is 0. The average Bonchev–Trinajstić information content (AvgIpc) is 2.80. The van der Waals surface area contributed by atoms with Gasteiger partial charge in [-0.05, 0) is 31.0 Å². The maximum absolute atomic E-state index is 13.9. The number of hydrogen-bond acceptors (Lipinski definition) is 3. The molecule has 1 atom stereocenters. The molecule has 0 aliphatic rings. The molecule has 0 saturated heterocycles. The predicted octanol–water partition coefficient (Wildman–Crippen LogP) is 2.52. The molecule has 0 aliphatic carbocycles. The predicted molar refractivity (Wildman–Crippen MR) is 77.8 cm³/mol. The van der Waals surface area contributed by atoms with Crippen LogP contribution in [0, 0.1) is 5.82 Å². The zero-order chi connectivity index (χ0) is 14.7. The second-order valence-corrected chi connectivity index (χ2v) is 5.07. The molecule has 0 saturated carbocycles. The number of benzene rings is 1. The first kappa shape index (κ1) is 15.0. The van der Waals surface area contributed by atoms with Crippen molar-refractivity contribution in [3.8, 4) is 0 Å². The van der Waals surface area contributed by atoms with E-state index < -0.39 is 0 Å². The molecule has 1 heterocycles. The van der Waals surface area contributed by atoms with Crippen molar-refractivity contribution < 1.29 is 4.39 Å².